The Balaban J connectivity index is 1.85. The lowest BCUT2D eigenvalue weighted by Gasteiger charge is -2.05. The van der Waals surface area contributed by atoms with Crippen molar-refractivity contribution in [2.75, 3.05) is 5.32 Å². The first kappa shape index (κ1) is 18.1. The van der Waals surface area contributed by atoms with Crippen LogP contribution in [0.1, 0.15) is 21.6 Å². The Bertz CT molecular complexity index is 1040. The third-order valence-electron chi connectivity index (χ3n) is 3.38. The molecule has 1 amide bonds. The fourth-order valence-corrected chi connectivity index (χ4v) is 2.29. The predicted molar refractivity (Wildman–Crippen MR) is 96.0 cm³/mol. The zero-order valence-electron chi connectivity index (χ0n) is 13.5. The van der Waals surface area contributed by atoms with Crippen LogP contribution in [0.2, 0.25) is 5.02 Å². The minimum absolute atomic E-state index is 0.0144. The van der Waals surface area contributed by atoms with E-state index in [0.717, 1.165) is 0 Å². The van der Waals surface area contributed by atoms with Crippen molar-refractivity contribution in [2.24, 2.45) is 4.99 Å². The van der Waals surface area contributed by atoms with Gasteiger partial charge in [0.2, 0.25) is 5.82 Å². The molecule has 0 saturated carbocycles. The Hall–Kier alpha value is -3.74. The van der Waals surface area contributed by atoms with Gasteiger partial charge in [0, 0.05) is 10.6 Å². The van der Waals surface area contributed by atoms with E-state index in [2.05, 4.69) is 25.3 Å². The largest absolute Gasteiger partial charge is 0.302 e. The summed E-state index contributed by atoms with van der Waals surface area (Å²) in [4.78, 5) is 16.5. The Morgan fingerprint density at radius 3 is 2.67 bits per heavy atom. The van der Waals surface area contributed by atoms with Gasteiger partial charge in [0.1, 0.15) is 0 Å². The van der Waals surface area contributed by atoms with Crippen LogP contribution in [0.4, 0.5) is 11.5 Å². The van der Waals surface area contributed by atoms with E-state index < -0.39 is 5.91 Å². The maximum Gasteiger partial charge on any atom is 0.256 e. The molecule has 2 aromatic carbocycles. The molecular formula is C17H11ClN6O3. The summed E-state index contributed by atoms with van der Waals surface area (Å²) in [5.74, 6) is -0.656. The third-order valence-corrected chi connectivity index (χ3v) is 3.61. The van der Waals surface area contributed by atoms with Crippen molar-refractivity contribution >= 4 is 34.8 Å². The molecule has 27 heavy (non-hydrogen) atoms. The van der Waals surface area contributed by atoms with Gasteiger partial charge >= 0.3 is 0 Å². The number of hydrogen-bond acceptors (Lipinski definition) is 7. The standard InChI is InChI=1S/C17H11ClN6O3/c18-12-2-1-3-13(8-12)20-15(22-26)14-16(24-27-23-14)21-17(25)11-6-4-10(9-19)5-7-11/h1-8,26H,(H,20,22)(H,21,24,25). The fraction of sp³-hybridized carbons (Fsp3) is 0. The second kappa shape index (κ2) is 8.09. The second-order valence-electron chi connectivity index (χ2n) is 5.16. The lowest BCUT2D eigenvalue weighted by Crippen LogP contribution is -2.23. The lowest BCUT2D eigenvalue weighted by molar-refractivity contribution is 0.102. The molecule has 3 rings (SSSR count). The van der Waals surface area contributed by atoms with E-state index in [1.165, 1.54) is 24.3 Å². The molecule has 10 heteroatoms. The number of anilines is 1. The van der Waals surface area contributed by atoms with Gasteiger partial charge in [0.15, 0.2) is 11.5 Å². The molecule has 0 aliphatic heterocycles. The molecule has 134 valence electrons. The highest BCUT2D eigenvalue weighted by molar-refractivity contribution is 6.30. The predicted octanol–water partition coefficient (Wildman–Crippen LogP) is 2.90. The number of nitrogens with one attached hydrogen (secondary N) is 2. The average Bonchev–Trinajstić information content (AvgIpc) is 3.14. The average molecular weight is 383 g/mol. The van der Waals surface area contributed by atoms with Crippen molar-refractivity contribution in [2.45, 2.75) is 0 Å². The number of aliphatic imine (C=N–C) groups is 1. The van der Waals surface area contributed by atoms with E-state index in [4.69, 9.17) is 16.9 Å². The zero-order chi connectivity index (χ0) is 19.2. The van der Waals surface area contributed by atoms with Crippen LogP contribution in [0, 0.1) is 11.3 Å². The molecule has 0 spiro atoms. The quantitative estimate of drug-likeness (QED) is 0.358. The minimum Gasteiger partial charge on any atom is -0.302 e. The molecule has 0 bridgehead atoms. The van der Waals surface area contributed by atoms with Crippen LogP contribution in [0.3, 0.4) is 0 Å². The number of hydroxylamine groups is 1. The second-order valence-corrected chi connectivity index (χ2v) is 5.59. The summed E-state index contributed by atoms with van der Waals surface area (Å²) >= 11 is 5.91. The molecule has 0 fully saturated rings. The van der Waals surface area contributed by atoms with Crippen molar-refractivity contribution in [1.29, 1.82) is 5.26 Å². The van der Waals surface area contributed by atoms with Gasteiger partial charge in [0.25, 0.3) is 5.91 Å². The van der Waals surface area contributed by atoms with E-state index >= 15 is 0 Å². The summed E-state index contributed by atoms with van der Waals surface area (Å²) in [6.45, 7) is 0. The number of hydrogen-bond donors (Lipinski definition) is 3. The Morgan fingerprint density at radius 2 is 2.00 bits per heavy atom. The van der Waals surface area contributed by atoms with Gasteiger partial charge in [-0.2, -0.15) is 5.26 Å². The maximum absolute atomic E-state index is 12.3. The van der Waals surface area contributed by atoms with Gasteiger partial charge in [-0.25, -0.2) is 9.62 Å². The van der Waals surface area contributed by atoms with Crippen LogP contribution in [0.5, 0.6) is 0 Å². The topological polar surface area (TPSA) is 136 Å². The summed E-state index contributed by atoms with van der Waals surface area (Å²) in [7, 11) is 0. The number of amides is 1. The number of carbonyl (C=O) groups excluding carboxylic acids is 1. The first-order chi connectivity index (χ1) is 13.1. The van der Waals surface area contributed by atoms with Crippen molar-refractivity contribution in [3.05, 3.63) is 70.4 Å². The number of benzene rings is 2. The van der Waals surface area contributed by atoms with E-state index in [9.17, 15) is 10.0 Å². The van der Waals surface area contributed by atoms with Crippen LogP contribution < -0.4 is 10.8 Å². The summed E-state index contributed by atoms with van der Waals surface area (Å²) in [6.07, 6.45) is 0. The van der Waals surface area contributed by atoms with Crippen molar-refractivity contribution < 1.29 is 14.6 Å². The molecule has 3 N–H and O–H groups in total. The van der Waals surface area contributed by atoms with Crippen molar-refractivity contribution in [1.82, 2.24) is 15.8 Å². The van der Waals surface area contributed by atoms with E-state index in [-0.39, 0.29) is 17.3 Å². The molecule has 0 aliphatic carbocycles. The number of aromatic nitrogens is 2. The number of nitrogens with zero attached hydrogens (tertiary/aromatic N) is 4. The van der Waals surface area contributed by atoms with E-state index in [1.807, 2.05) is 11.5 Å². The van der Waals surface area contributed by atoms with E-state index in [1.54, 1.807) is 24.3 Å². The molecule has 0 aliphatic rings. The van der Waals surface area contributed by atoms with Crippen molar-refractivity contribution in [3.8, 4) is 6.07 Å². The van der Waals surface area contributed by atoms with Crippen LogP contribution in [0.25, 0.3) is 0 Å². The highest BCUT2D eigenvalue weighted by atomic mass is 35.5. The number of amidine groups is 1. The summed E-state index contributed by atoms with van der Waals surface area (Å²) in [5, 5.41) is 28.4. The SMILES string of the molecule is N#Cc1ccc(C(=O)Nc2nonc2C(=Nc2cccc(Cl)c2)NO)cc1. The maximum atomic E-state index is 12.3. The minimum atomic E-state index is -0.503. The van der Waals surface area contributed by atoms with Gasteiger partial charge in [0.05, 0.1) is 17.3 Å². The van der Waals surface area contributed by atoms with Gasteiger partial charge in [-0.1, -0.05) is 17.7 Å². The summed E-state index contributed by atoms with van der Waals surface area (Å²) in [5.41, 5.74) is 3.05. The van der Waals surface area contributed by atoms with Gasteiger partial charge in [-0.05, 0) is 52.8 Å². The monoisotopic (exact) mass is 382 g/mol. The first-order valence-electron chi connectivity index (χ1n) is 7.49. The van der Waals surface area contributed by atoms with Crippen LogP contribution in [-0.4, -0.2) is 27.3 Å². The fourth-order valence-electron chi connectivity index (χ4n) is 2.11. The van der Waals surface area contributed by atoms with Crippen molar-refractivity contribution in [3.63, 3.8) is 0 Å². The molecule has 3 aromatic rings. The molecule has 1 aromatic heterocycles. The summed E-state index contributed by atoms with van der Waals surface area (Å²) in [6, 6.07) is 14.6. The number of halogens is 1. The Morgan fingerprint density at radius 1 is 1.22 bits per heavy atom. The van der Waals surface area contributed by atoms with E-state index in [0.29, 0.717) is 21.8 Å². The highest BCUT2D eigenvalue weighted by Crippen LogP contribution is 2.20. The molecule has 0 saturated heterocycles. The van der Waals surface area contributed by atoms with Gasteiger partial charge < -0.3 is 5.32 Å². The molecule has 9 nitrogen and oxygen atoms in total. The third kappa shape index (κ3) is 4.27. The number of rotatable bonds is 4. The lowest BCUT2D eigenvalue weighted by atomic mass is 10.1. The first-order valence-corrected chi connectivity index (χ1v) is 7.87. The van der Waals surface area contributed by atoms with Crippen LogP contribution in [0.15, 0.2) is 58.2 Å². The van der Waals surface area contributed by atoms with Crippen LogP contribution in [-0.2, 0) is 0 Å². The zero-order valence-corrected chi connectivity index (χ0v) is 14.3. The Labute approximate surface area is 157 Å². The molecule has 0 radical (unpaired) electrons. The number of nitriles is 1. The number of carbonyl (C=O) groups is 1. The highest BCUT2D eigenvalue weighted by Gasteiger charge is 2.19. The van der Waals surface area contributed by atoms with Crippen LogP contribution >= 0.6 is 11.6 Å². The molecule has 0 unspecified atom stereocenters. The Kier molecular flexibility index (Phi) is 5.41. The molecular weight excluding hydrogens is 372 g/mol. The van der Waals surface area contributed by atoms with Gasteiger partial charge in [-0.3, -0.25) is 15.5 Å². The smallest absolute Gasteiger partial charge is 0.256 e. The molecule has 1 heterocycles. The summed E-state index contributed by atoms with van der Waals surface area (Å²) < 4.78 is 4.65. The molecule has 0 atom stereocenters. The normalized spacial score (nSPS) is 10.9. The van der Waals surface area contributed by atoms with Gasteiger partial charge in [-0.15, -0.1) is 0 Å².